The Morgan fingerprint density at radius 2 is 1.94 bits per heavy atom. The minimum absolute atomic E-state index is 0.214. The molecule has 0 aliphatic heterocycles. The van der Waals surface area contributed by atoms with E-state index in [-0.39, 0.29) is 12.5 Å². The molecule has 0 aromatic heterocycles. The summed E-state index contributed by atoms with van der Waals surface area (Å²) in [5, 5.41) is 11.9. The minimum Gasteiger partial charge on any atom is -0.396 e. The van der Waals surface area contributed by atoms with E-state index in [1.165, 1.54) is 0 Å². The van der Waals surface area contributed by atoms with Crippen LogP contribution in [-0.2, 0) is 10.3 Å². The summed E-state index contributed by atoms with van der Waals surface area (Å²) in [6.45, 7) is 2.72. The molecular weight excluding hydrogens is 228 g/mol. The third-order valence-corrected chi connectivity index (χ3v) is 3.16. The molecule has 1 atom stereocenters. The predicted molar refractivity (Wildman–Crippen MR) is 71.9 cm³/mol. The average Bonchev–Trinajstić information content (AvgIpc) is 2.39. The number of primary amides is 1. The number of aliphatic hydroxyl groups excluding tert-OH is 1. The second-order valence-electron chi connectivity index (χ2n) is 4.57. The summed E-state index contributed by atoms with van der Waals surface area (Å²) < 4.78 is 0. The first-order chi connectivity index (χ1) is 8.61. The van der Waals surface area contributed by atoms with Crippen LogP contribution in [0.1, 0.15) is 31.7 Å². The molecule has 1 unspecified atom stereocenters. The maximum absolute atomic E-state index is 11.7. The summed E-state index contributed by atoms with van der Waals surface area (Å²) >= 11 is 0. The number of amides is 1. The summed E-state index contributed by atoms with van der Waals surface area (Å²) in [4.78, 5) is 11.7. The molecule has 0 radical (unpaired) electrons. The van der Waals surface area contributed by atoms with E-state index in [0.29, 0.717) is 6.54 Å². The van der Waals surface area contributed by atoms with Gasteiger partial charge in [0.25, 0.3) is 0 Å². The Morgan fingerprint density at radius 1 is 1.28 bits per heavy atom. The van der Waals surface area contributed by atoms with Crippen molar-refractivity contribution in [3.8, 4) is 0 Å². The van der Waals surface area contributed by atoms with E-state index in [1.54, 1.807) is 6.92 Å². The van der Waals surface area contributed by atoms with E-state index < -0.39 is 5.54 Å². The molecule has 18 heavy (non-hydrogen) atoms. The average molecular weight is 250 g/mol. The minimum atomic E-state index is -0.833. The highest BCUT2D eigenvalue weighted by molar-refractivity contribution is 5.85. The molecule has 0 spiro atoms. The number of carbonyl (C=O) groups is 1. The lowest BCUT2D eigenvalue weighted by Crippen LogP contribution is -2.50. The fraction of sp³-hybridized carbons (Fsp3) is 0.500. The molecule has 1 aromatic rings. The first kappa shape index (κ1) is 14.7. The molecule has 0 bridgehead atoms. The molecular formula is C14H22N2O2. The van der Waals surface area contributed by atoms with Crippen molar-refractivity contribution in [3.05, 3.63) is 35.9 Å². The van der Waals surface area contributed by atoms with Gasteiger partial charge in [-0.3, -0.25) is 10.1 Å². The third kappa shape index (κ3) is 3.82. The zero-order chi connectivity index (χ0) is 13.4. The third-order valence-electron chi connectivity index (χ3n) is 3.16. The van der Waals surface area contributed by atoms with E-state index in [2.05, 4.69) is 5.32 Å². The van der Waals surface area contributed by atoms with Gasteiger partial charge in [-0.1, -0.05) is 30.3 Å². The second kappa shape index (κ2) is 7.13. The van der Waals surface area contributed by atoms with Gasteiger partial charge >= 0.3 is 0 Å². The van der Waals surface area contributed by atoms with Gasteiger partial charge in [0.1, 0.15) is 5.54 Å². The zero-order valence-electron chi connectivity index (χ0n) is 10.9. The van der Waals surface area contributed by atoms with Crippen LogP contribution in [0.5, 0.6) is 0 Å². The van der Waals surface area contributed by atoms with Crippen LogP contribution in [0.4, 0.5) is 0 Å². The van der Waals surface area contributed by atoms with Gasteiger partial charge in [-0.05, 0) is 38.3 Å². The molecule has 0 heterocycles. The Balaban J connectivity index is 2.62. The number of benzene rings is 1. The van der Waals surface area contributed by atoms with Crippen LogP contribution in [0, 0.1) is 0 Å². The molecule has 100 valence electrons. The standard InChI is InChI=1S/C14H22N2O2/c1-14(13(15)18,12-8-4-2-5-9-12)16-10-6-3-7-11-17/h2,4-5,8-9,16-17H,3,6-7,10-11H2,1H3,(H2,15,18). The molecule has 1 rings (SSSR count). The number of nitrogens with one attached hydrogen (secondary N) is 1. The number of rotatable bonds is 8. The van der Waals surface area contributed by atoms with E-state index in [0.717, 1.165) is 24.8 Å². The Labute approximate surface area is 108 Å². The predicted octanol–water partition coefficient (Wildman–Crippen LogP) is 1.14. The lowest BCUT2D eigenvalue weighted by atomic mass is 9.91. The summed E-state index contributed by atoms with van der Waals surface area (Å²) in [6, 6.07) is 9.48. The van der Waals surface area contributed by atoms with E-state index in [1.807, 2.05) is 30.3 Å². The van der Waals surface area contributed by atoms with E-state index in [9.17, 15) is 4.79 Å². The van der Waals surface area contributed by atoms with Gasteiger partial charge in [0, 0.05) is 6.61 Å². The van der Waals surface area contributed by atoms with E-state index >= 15 is 0 Å². The first-order valence-corrected chi connectivity index (χ1v) is 6.32. The molecule has 4 nitrogen and oxygen atoms in total. The van der Waals surface area contributed by atoms with Crippen molar-refractivity contribution < 1.29 is 9.90 Å². The quantitative estimate of drug-likeness (QED) is 0.606. The van der Waals surface area contributed by atoms with Crippen LogP contribution in [0.2, 0.25) is 0 Å². The highest BCUT2D eigenvalue weighted by Crippen LogP contribution is 2.20. The van der Waals surface area contributed by atoms with Gasteiger partial charge in [-0.25, -0.2) is 0 Å². The summed E-state index contributed by atoms with van der Waals surface area (Å²) in [7, 11) is 0. The lowest BCUT2D eigenvalue weighted by molar-refractivity contribution is -0.124. The van der Waals surface area contributed by atoms with Crippen LogP contribution in [0.15, 0.2) is 30.3 Å². The number of aliphatic hydroxyl groups is 1. The number of hydrogen-bond donors (Lipinski definition) is 3. The lowest BCUT2D eigenvalue weighted by Gasteiger charge is -2.28. The van der Waals surface area contributed by atoms with Crippen molar-refractivity contribution in [2.75, 3.05) is 13.2 Å². The molecule has 0 fully saturated rings. The Bertz CT molecular complexity index is 367. The summed E-state index contributed by atoms with van der Waals surface area (Å²) in [5.41, 5.74) is 5.54. The first-order valence-electron chi connectivity index (χ1n) is 6.32. The molecule has 0 saturated carbocycles. The van der Waals surface area contributed by atoms with Gasteiger partial charge in [0.2, 0.25) is 5.91 Å². The second-order valence-corrected chi connectivity index (χ2v) is 4.57. The van der Waals surface area contributed by atoms with Gasteiger partial charge < -0.3 is 10.8 Å². The van der Waals surface area contributed by atoms with Gasteiger partial charge in [0.15, 0.2) is 0 Å². The van der Waals surface area contributed by atoms with Crippen molar-refractivity contribution in [2.24, 2.45) is 5.73 Å². The van der Waals surface area contributed by atoms with Crippen molar-refractivity contribution in [1.29, 1.82) is 0 Å². The summed E-state index contributed by atoms with van der Waals surface area (Å²) in [6.07, 6.45) is 2.64. The van der Waals surface area contributed by atoms with Crippen LogP contribution < -0.4 is 11.1 Å². The van der Waals surface area contributed by atoms with Crippen LogP contribution in [0.3, 0.4) is 0 Å². The van der Waals surface area contributed by atoms with Gasteiger partial charge in [-0.2, -0.15) is 0 Å². The Kier molecular flexibility index (Phi) is 5.82. The normalized spacial score (nSPS) is 14.1. The molecule has 4 heteroatoms. The maximum atomic E-state index is 11.7. The van der Waals surface area contributed by atoms with E-state index in [4.69, 9.17) is 10.8 Å². The number of carbonyl (C=O) groups excluding carboxylic acids is 1. The molecule has 1 amide bonds. The van der Waals surface area contributed by atoms with Crippen molar-refractivity contribution in [1.82, 2.24) is 5.32 Å². The van der Waals surface area contributed by atoms with Crippen molar-refractivity contribution in [3.63, 3.8) is 0 Å². The van der Waals surface area contributed by atoms with Crippen molar-refractivity contribution >= 4 is 5.91 Å². The number of hydrogen-bond acceptors (Lipinski definition) is 3. The van der Waals surface area contributed by atoms with Crippen molar-refractivity contribution in [2.45, 2.75) is 31.7 Å². The monoisotopic (exact) mass is 250 g/mol. The fourth-order valence-electron chi connectivity index (χ4n) is 1.85. The Morgan fingerprint density at radius 3 is 2.50 bits per heavy atom. The van der Waals surface area contributed by atoms with Crippen LogP contribution in [-0.4, -0.2) is 24.2 Å². The SMILES string of the molecule is CC(NCCCCCO)(C(N)=O)c1ccccc1. The maximum Gasteiger partial charge on any atom is 0.242 e. The Hall–Kier alpha value is -1.39. The topological polar surface area (TPSA) is 75.3 Å². The molecule has 1 aromatic carbocycles. The highest BCUT2D eigenvalue weighted by atomic mass is 16.2. The highest BCUT2D eigenvalue weighted by Gasteiger charge is 2.31. The largest absolute Gasteiger partial charge is 0.396 e. The zero-order valence-corrected chi connectivity index (χ0v) is 10.9. The fourth-order valence-corrected chi connectivity index (χ4v) is 1.85. The number of unbranched alkanes of at least 4 members (excludes halogenated alkanes) is 2. The smallest absolute Gasteiger partial charge is 0.242 e. The van der Waals surface area contributed by atoms with Crippen LogP contribution >= 0.6 is 0 Å². The molecule has 0 saturated heterocycles. The molecule has 4 N–H and O–H groups in total. The van der Waals surface area contributed by atoms with Gasteiger partial charge in [0.05, 0.1) is 0 Å². The number of nitrogens with two attached hydrogens (primary N) is 1. The van der Waals surface area contributed by atoms with Crippen LogP contribution in [0.25, 0.3) is 0 Å². The van der Waals surface area contributed by atoms with Gasteiger partial charge in [-0.15, -0.1) is 0 Å². The molecule has 0 aliphatic carbocycles. The molecule has 0 aliphatic rings. The summed E-state index contributed by atoms with van der Waals surface area (Å²) in [5.74, 6) is -0.379.